The van der Waals surface area contributed by atoms with Crippen LogP contribution >= 0.6 is 0 Å². The molecule has 0 aliphatic rings. The van der Waals surface area contributed by atoms with Crippen molar-refractivity contribution in [3.63, 3.8) is 0 Å². The zero-order valence-electron chi connectivity index (χ0n) is 15.3. The van der Waals surface area contributed by atoms with Crippen LogP contribution in [-0.4, -0.2) is 55.7 Å². The molecule has 0 radical (unpaired) electrons. The van der Waals surface area contributed by atoms with E-state index in [1.165, 1.54) is 4.90 Å². The molecule has 7 heteroatoms. The van der Waals surface area contributed by atoms with E-state index in [0.717, 1.165) is 0 Å². The third kappa shape index (κ3) is 6.16. The molecule has 0 aliphatic heterocycles. The zero-order chi connectivity index (χ0) is 18.3. The molecular formula is C17H27N3O4. The number of hydrogen-bond acceptors (Lipinski definition) is 6. The molecule has 24 heavy (non-hydrogen) atoms. The summed E-state index contributed by atoms with van der Waals surface area (Å²) >= 11 is 0. The van der Waals surface area contributed by atoms with Gasteiger partial charge >= 0.3 is 12.1 Å². The van der Waals surface area contributed by atoms with E-state index in [-0.39, 0.29) is 31.1 Å². The van der Waals surface area contributed by atoms with Crippen molar-refractivity contribution in [2.75, 3.05) is 32.6 Å². The van der Waals surface area contributed by atoms with Crippen LogP contribution < -0.4 is 4.90 Å². The van der Waals surface area contributed by atoms with Crippen LogP contribution in [-0.2, 0) is 20.9 Å². The number of aromatic nitrogens is 1. The van der Waals surface area contributed by atoms with Gasteiger partial charge in [0.1, 0.15) is 18.5 Å². The Labute approximate surface area is 143 Å². The van der Waals surface area contributed by atoms with Crippen molar-refractivity contribution in [1.29, 1.82) is 0 Å². The molecule has 1 aromatic rings. The van der Waals surface area contributed by atoms with Gasteiger partial charge in [0.05, 0.1) is 6.54 Å². The molecule has 0 bridgehead atoms. The maximum absolute atomic E-state index is 12.2. The fraction of sp³-hybridized carbons (Fsp3) is 0.588. The van der Waals surface area contributed by atoms with Crippen LogP contribution in [0.3, 0.4) is 0 Å². The first kappa shape index (κ1) is 19.9. The lowest BCUT2D eigenvalue weighted by molar-refractivity contribution is -0.145. The fourth-order valence-corrected chi connectivity index (χ4v) is 1.77. The van der Waals surface area contributed by atoms with Gasteiger partial charge in [-0.05, 0) is 33.0 Å². The van der Waals surface area contributed by atoms with Crippen LogP contribution in [0.4, 0.5) is 10.6 Å². The monoisotopic (exact) mass is 337 g/mol. The molecule has 1 aromatic heterocycles. The minimum atomic E-state index is -0.490. The Hall–Kier alpha value is -2.15. The van der Waals surface area contributed by atoms with Crippen molar-refractivity contribution in [3.05, 3.63) is 23.9 Å². The molecule has 1 amide bonds. The summed E-state index contributed by atoms with van der Waals surface area (Å²) in [6.07, 6.45) is 0.886. The summed E-state index contributed by atoms with van der Waals surface area (Å²) in [6.45, 7) is 6.05. The summed E-state index contributed by atoms with van der Waals surface area (Å²) in [7, 11) is 5.16. The van der Waals surface area contributed by atoms with Gasteiger partial charge in [0, 0.05) is 18.8 Å². The second-order valence-electron chi connectivity index (χ2n) is 6.28. The molecule has 1 unspecified atom stereocenters. The zero-order valence-corrected chi connectivity index (χ0v) is 15.3. The normalized spacial score (nSPS) is 12.2. The highest BCUT2D eigenvalue weighted by Crippen LogP contribution is 2.19. The number of amides is 1. The first-order valence-corrected chi connectivity index (χ1v) is 7.91. The quantitative estimate of drug-likeness (QED) is 0.711. The highest BCUT2D eigenvalue weighted by molar-refractivity contribution is 5.86. The molecule has 0 aromatic carbocycles. The fourth-order valence-electron chi connectivity index (χ4n) is 1.77. The van der Waals surface area contributed by atoms with Gasteiger partial charge in [-0.25, -0.2) is 9.78 Å². The van der Waals surface area contributed by atoms with E-state index in [0.29, 0.717) is 11.4 Å². The Bertz CT molecular complexity index is 561. The second-order valence-corrected chi connectivity index (χ2v) is 6.28. The lowest BCUT2D eigenvalue weighted by atomic mass is 10.1. The van der Waals surface area contributed by atoms with Crippen LogP contribution in [0.5, 0.6) is 0 Å². The molecule has 1 atom stereocenters. The van der Waals surface area contributed by atoms with Crippen molar-refractivity contribution in [3.8, 4) is 0 Å². The molecule has 0 saturated carbocycles. The molecule has 0 N–H and O–H groups in total. The molecule has 0 spiro atoms. The minimum absolute atomic E-state index is 0.0488. The number of hydrogen-bond donors (Lipinski definition) is 0. The van der Waals surface area contributed by atoms with E-state index in [1.807, 2.05) is 20.8 Å². The number of nitrogens with zero attached hydrogens (tertiary/aromatic N) is 3. The van der Waals surface area contributed by atoms with E-state index >= 15 is 0 Å². The minimum Gasteiger partial charge on any atom is -0.460 e. The van der Waals surface area contributed by atoms with Gasteiger partial charge in [-0.15, -0.1) is 0 Å². The van der Waals surface area contributed by atoms with Gasteiger partial charge in [-0.3, -0.25) is 14.6 Å². The van der Waals surface area contributed by atoms with E-state index in [4.69, 9.17) is 9.47 Å². The maximum Gasteiger partial charge on any atom is 0.415 e. The first-order chi connectivity index (χ1) is 11.2. The molecule has 0 aliphatic carbocycles. The average molecular weight is 337 g/mol. The summed E-state index contributed by atoms with van der Waals surface area (Å²) in [5, 5.41) is 0. The number of ether oxygens (including phenoxy) is 2. The first-order valence-electron chi connectivity index (χ1n) is 7.91. The van der Waals surface area contributed by atoms with E-state index in [9.17, 15) is 9.59 Å². The molecule has 1 rings (SSSR count). The number of likely N-dealkylation sites (N-methyl/N-ethyl adjacent to an activating group) is 1. The SMILES string of the molecule is CC(C)C(C)OC(=O)N(C)c1ncccc1COC(=O)CN(C)C. The van der Waals surface area contributed by atoms with Crippen molar-refractivity contribution in [2.24, 2.45) is 5.92 Å². The standard InChI is InChI=1S/C17H27N3O4/c1-12(2)13(3)24-17(22)20(6)16-14(8-7-9-18-16)11-23-15(21)10-19(4)5/h7-9,12-13H,10-11H2,1-6H3. The topological polar surface area (TPSA) is 72.0 Å². The second kappa shape index (κ2) is 9.22. The Kier molecular flexibility index (Phi) is 7.64. The van der Waals surface area contributed by atoms with E-state index < -0.39 is 6.09 Å². The van der Waals surface area contributed by atoms with Gasteiger partial charge in [0.25, 0.3) is 0 Å². The predicted octanol–water partition coefficient (Wildman–Crippen LogP) is 2.30. The van der Waals surface area contributed by atoms with Crippen molar-refractivity contribution >= 4 is 17.9 Å². The van der Waals surface area contributed by atoms with Crippen LogP contribution in [0.25, 0.3) is 0 Å². The van der Waals surface area contributed by atoms with Gasteiger partial charge < -0.3 is 9.47 Å². The largest absolute Gasteiger partial charge is 0.460 e. The van der Waals surface area contributed by atoms with Gasteiger partial charge in [0.2, 0.25) is 0 Å². The predicted molar refractivity (Wildman–Crippen MR) is 91.8 cm³/mol. The Balaban J connectivity index is 2.77. The van der Waals surface area contributed by atoms with Crippen LogP contribution in [0.15, 0.2) is 18.3 Å². The third-order valence-corrected chi connectivity index (χ3v) is 3.52. The molecular weight excluding hydrogens is 310 g/mol. The molecule has 0 fully saturated rings. The van der Waals surface area contributed by atoms with E-state index in [2.05, 4.69) is 4.98 Å². The number of anilines is 1. The molecule has 1 heterocycles. The van der Waals surface area contributed by atoms with E-state index in [1.54, 1.807) is 44.4 Å². The third-order valence-electron chi connectivity index (χ3n) is 3.52. The number of esters is 1. The highest BCUT2D eigenvalue weighted by Gasteiger charge is 2.21. The van der Waals surface area contributed by atoms with Gasteiger partial charge in [-0.1, -0.05) is 19.9 Å². The summed E-state index contributed by atoms with van der Waals surface area (Å²) in [5.41, 5.74) is 0.640. The maximum atomic E-state index is 12.2. The van der Waals surface area contributed by atoms with Gasteiger partial charge in [0.15, 0.2) is 0 Å². The lowest BCUT2D eigenvalue weighted by Crippen LogP contribution is -2.33. The number of pyridine rings is 1. The average Bonchev–Trinajstić information content (AvgIpc) is 2.51. The van der Waals surface area contributed by atoms with Crippen molar-refractivity contribution in [2.45, 2.75) is 33.5 Å². The molecule has 7 nitrogen and oxygen atoms in total. The Morgan fingerprint density at radius 2 is 1.88 bits per heavy atom. The number of rotatable bonds is 7. The smallest absolute Gasteiger partial charge is 0.415 e. The van der Waals surface area contributed by atoms with Gasteiger partial charge in [-0.2, -0.15) is 0 Å². The lowest BCUT2D eigenvalue weighted by Gasteiger charge is -2.23. The molecule has 0 saturated heterocycles. The summed E-state index contributed by atoms with van der Waals surface area (Å²) < 4.78 is 10.6. The highest BCUT2D eigenvalue weighted by atomic mass is 16.6. The summed E-state index contributed by atoms with van der Waals surface area (Å²) in [5.74, 6) is 0.294. The number of carbonyl (C=O) groups is 2. The van der Waals surface area contributed by atoms with Crippen molar-refractivity contribution < 1.29 is 19.1 Å². The van der Waals surface area contributed by atoms with Crippen LogP contribution in [0, 0.1) is 5.92 Å². The molecule has 134 valence electrons. The summed E-state index contributed by atoms with van der Waals surface area (Å²) in [6, 6.07) is 3.50. The van der Waals surface area contributed by atoms with Crippen LogP contribution in [0.1, 0.15) is 26.3 Å². The summed E-state index contributed by atoms with van der Waals surface area (Å²) in [4.78, 5) is 31.2. The number of carbonyl (C=O) groups excluding carboxylic acids is 2. The van der Waals surface area contributed by atoms with Crippen molar-refractivity contribution in [1.82, 2.24) is 9.88 Å². The Morgan fingerprint density at radius 3 is 2.46 bits per heavy atom. The van der Waals surface area contributed by atoms with Crippen LogP contribution in [0.2, 0.25) is 0 Å². The Morgan fingerprint density at radius 1 is 1.21 bits per heavy atom.